The van der Waals surface area contributed by atoms with Crippen molar-refractivity contribution in [3.8, 4) is 6.07 Å². The smallest absolute Gasteiger partial charge is 0.106 e. The lowest BCUT2D eigenvalue weighted by Crippen LogP contribution is -2.17. The van der Waals surface area contributed by atoms with Crippen LogP contribution in [0.15, 0.2) is 18.2 Å². The molecule has 0 spiro atoms. The number of fused-ring (bicyclic) bond motifs is 1. The zero-order chi connectivity index (χ0) is 12.3. The number of aryl methyl sites for hydroxylation is 2. The van der Waals surface area contributed by atoms with Crippen LogP contribution < -0.4 is 5.32 Å². The summed E-state index contributed by atoms with van der Waals surface area (Å²) in [5, 5.41) is 11.5. The second kappa shape index (κ2) is 4.98. The van der Waals surface area contributed by atoms with E-state index in [0.29, 0.717) is 6.54 Å². The lowest BCUT2D eigenvalue weighted by molar-refractivity contribution is 0.750. The molecule has 0 saturated carbocycles. The Morgan fingerprint density at radius 2 is 2.29 bits per heavy atom. The summed E-state index contributed by atoms with van der Waals surface area (Å²) in [5.74, 6) is 1.03. The Kier molecular flexibility index (Phi) is 3.40. The predicted molar refractivity (Wildman–Crippen MR) is 67.6 cm³/mol. The topological polar surface area (TPSA) is 53.6 Å². The molecule has 0 amide bonds. The van der Waals surface area contributed by atoms with Gasteiger partial charge in [0.15, 0.2) is 0 Å². The van der Waals surface area contributed by atoms with Crippen LogP contribution in [0.25, 0.3) is 11.0 Å². The second-order valence-corrected chi connectivity index (χ2v) is 4.13. The van der Waals surface area contributed by atoms with Gasteiger partial charge in [-0.3, -0.25) is 0 Å². The van der Waals surface area contributed by atoms with E-state index in [4.69, 9.17) is 5.26 Å². The molecule has 4 heteroatoms. The zero-order valence-electron chi connectivity index (χ0n) is 10.2. The summed E-state index contributed by atoms with van der Waals surface area (Å²) in [4.78, 5) is 4.51. The highest BCUT2D eigenvalue weighted by atomic mass is 15.0. The highest BCUT2D eigenvalue weighted by Gasteiger charge is 2.04. The van der Waals surface area contributed by atoms with Gasteiger partial charge in [0, 0.05) is 13.6 Å². The number of nitrogens with zero attached hydrogens (tertiary/aromatic N) is 3. The number of nitrogens with one attached hydrogen (secondary N) is 1. The van der Waals surface area contributed by atoms with Crippen molar-refractivity contribution >= 4 is 11.0 Å². The number of nitriles is 1. The summed E-state index contributed by atoms with van der Waals surface area (Å²) in [5.41, 5.74) is 3.46. The lowest BCUT2D eigenvalue weighted by atomic mass is 10.1. The molecule has 0 fully saturated rings. The standard InChI is InChI=1S/C13H16N4/c1-10-16-12-9-11(5-7-15-8-6-14)3-4-13(12)17(10)2/h3-4,9,15H,5,7-8H2,1-2H3. The SMILES string of the molecule is Cc1nc2cc(CCNCC#N)ccc2n1C. The van der Waals surface area contributed by atoms with Crippen molar-refractivity contribution < 1.29 is 0 Å². The molecule has 1 N–H and O–H groups in total. The predicted octanol–water partition coefficient (Wildman–Crippen LogP) is 1.54. The summed E-state index contributed by atoms with van der Waals surface area (Å²) >= 11 is 0. The summed E-state index contributed by atoms with van der Waals surface area (Å²) in [6.45, 7) is 3.24. The average Bonchev–Trinajstić information content (AvgIpc) is 2.61. The largest absolute Gasteiger partial charge is 0.331 e. The molecule has 0 bridgehead atoms. The highest BCUT2D eigenvalue weighted by molar-refractivity contribution is 5.76. The minimum Gasteiger partial charge on any atom is -0.331 e. The van der Waals surface area contributed by atoms with Gasteiger partial charge in [-0.25, -0.2) is 4.98 Å². The van der Waals surface area contributed by atoms with Crippen LogP contribution >= 0.6 is 0 Å². The van der Waals surface area contributed by atoms with E-state index in [-0.39, 0.29) is 0 Å². The molecule has 88 valence electrons. The minimum absolute atomic E-state index is 0.408. The number of hydrogen-bond donors (Lipinski definition) is 1. The van der Waals surface area contributed by atoms with Crippen molar-refractivity contribution in [3.05, 3.63) is 29.6 Å². The number of imidazole rings is 1. The first-order valence-corrected chi connectivity index (χ1v) is 5.72. The van der Waals surface area contributed by atoms with E-state index in [1.165, 1.54) is 5.56 Å². The van der Waals surface area contributed by atoms with Crippen LogP contribution in [0.1, 0.15) is 11.4 Å². The highest BCUT2D eigenvalue weighted by Crippen LogP contribution is 2.16. The van der Waals surface area contributed by atoms with Gasteiger partial charge >= 0.3 is 0 Å². The molecule has 1 heterocycles. The molecule has 17 heavy (non-hydrogen) atoms. The Balaban J connectivity index is 2.13. The summed E-state index contributed by atoms with van der Waals surface area (Å²) < 4.78 is 2.09. The zero-order valence-corrected chi connectivity index (χ0v) is 10.2. The fraction of sp³-hybridized carbons (Fsp3) is 0.385. The third-order valence-electron chi connectivity index (χ3n) is 2.96. The van der Waals surface area contributed by atoms with E-state index in [1.54, 1.807) is 0 Å². The summed E-state index contributed by atoms with van der Waals surface area (Å²) in [7, 11) is 2.03. The molecule has 1 aromatic carbocycles. The average molecular weight is 228 g/mol. The van der Waals surface area contributed by atoms with Gasteiger partial charge in [0.2, 0.25) is 0 Å². The molecule has 4 nitrogen and oxygen atoms in total. The molecule has 0 saturated heterocycles. The van der Waals surface area contributed by atoms with Gasteiger partial charge in [-0.05, 0) is 31.0 Å². The van der Waals surface area contributed by atoms with E-state index < -0.39 is 0 Å². The normalized spacial score (nSPS) is 10.6. The number of hydrogen-bond acceptors (Lipinski definition) is 3. The van der Waals surface area contributed by atoms with Crippen LogP contribution in [0.2, 0.25) is 0 Å². The molecule has 0 aliphatic carbocycles. The van der Waals surface area contributed by atoms with Crippen molar-refractivity contribution in [2.75, 3.05) is 13.1 Å². The Morgan fingerprint density at radius 1 is 1.47 bits per heavy atom. The van der Waals surface area contributed by atoms with Crippen LogP contribution in [0.3, 0.4) is 0 Å². The summed E-state index contributed by atoms with van der Waals surface area (Å²) in [6.07, 6.45) is 0.924. The minimum atomic E-state index is 0.408. The fourth-order valence-electron chi connectivity index (χ4n) is 1.90. The van der Waals surface area contributed by atoms with Gasteiger partial charge in [0.25, 0.3) is 0 Å². The Hall–Kier alpha value is -1.86. The molecule has 1 aromatic heterocycles. The van der Waals surface area contributed by atoms with Crippen molar-refractivity contribution in [1.29, 1.82) is 5.26 Å². The molecular formula is C13H16N4. The number of rotatable bonds is 4. The molecular weight excluding hydrogens is 212 g/mol. The van der Waals surface area contributed by atoms with Crippen molar-refractivity contribution in [2.24, 2.45) is 7.05 Å². The monoisotopic (exact) mass is 228 g/mol. The van der Waals surface area contributed by atoms with Gasteiger partial charge in [0.1, 0.15) is 5.82 Å². The quantitative estimate of drug-likeness (QED) is 0.638. The van der Waals surface area contributed by atoms with E-state index >= 15 is 0 Å². The fourth-order valence-corrected chi connectivity index (χ4v) is 1.90. The van der Waals surface area contributed by atoms with Gasteiger partial charge < -0.3 is 9.88 Å². The molecule has 0 radical (unpaired) electrons. The van der Waals surface area contributed by atoms with Gasteiger partial charge in [-0.15, -0.1) is 0 Å². The molecule has 2 rings (SSSR count). The second-order valence-electron chi connectivity index (χ2n) is 4.13. The van der Waals surface area contributed by atoms with Gasteiger partial charge in [-0.2, -0.15) is 5.26 Å². The van der Waals surface area contributed by atoms with E-state index in [1.807, 2.05) is 14.0 Å². The molecule has 0 unspecified atom stereocenters. The first kappa shape index (κ1) is 11.6. The maximum absolute atomic E-state index is 8.41. The molecule has 0 aliphatic heterocycles. The van der Waals surface area contributed by atoms with Crippen LogP contribution in [0.5, 0.6) is 0 Å². The van der Waals surface area contributed by atoms with Crippen molar-refractivity contribution in [3.63, 3.8) is 0 Å². The maximum atomic E-state index is 8.41. The Bertz CT molecular complexity index is 563. The first-order valence-electron chi connectivity index (χ1n) is 5.72. The Labute approximate surface area is 101 Å². The first-order chi connectivity index (χ1) is 8.22. The van der Waals surface area contributed by atoms with Gasteiger partial charge in [0.05, 0.1) is 23.6 Å². The Morgan fingerprint density at radius 3 is 3.06 bits per heavy atom. The summed E-state index contributed by atoms with van der Waals surface area (Å²) in [6, 6.07) is 8.42. The lowest BCUT2D eigenvalue weighted by Gasteiger charge is -2.02. The van der Waals surface area contributed by atoms with E-state index in [2.05, 4.69) is 39.1 Å². The maximum Gasteiger partial charge on any atom is 0.106 e. The van der Waals surface area contributed by atoms with Crippen molar-refractivity contribution in [1.82, 2.24) is 14.9 Å². The number of aromatic nitrogens is 2. The van der Waals surface area contributed by atoms with Crippen LogP contribution in [-0.4, -0.2) is 22.6 Å². The van der Waals surface area contributed by atoms with Gasteiger partial charge in [-0.1, -0.05) is 6.07 Å². The molecule has 0 atom stereocenters. The third kappa shape index (κ3) is 2.45. The molecule has 2 aromatic rings. The van der Waals surface area contributed by atoms with Crippen LogP contribution in [0.4, 0.5) is 0 Å². The molecule has 0 aliphatic rings. The number of benzene rings is 1. The third-order valence-corrected chi connectivity index (χ3v) is 2.96. The van der Waals surface area contributed by atoms with E-state index in [0.717, 1.165) is 29.8 Å². The van der Waals surface area contributed by atoms with Crippen LogP contribution in [0, 0.1) is 18.3 Å². The van der Waals surface area contributed by atoms with E-state index in [9.17, 15) is 0 Å². The van der Waals surface area contributed by atoms with Crippen molar-refractivity contribution in [2.45, 2.75) is 13.3 Å². The van der Waals surface area contributed by atoms with Crippen LogP contribution in [-0.2, 0) is 13.5 Å².